The van der Waals surface area contributed by atoms with E-state index in [4.69, 9.17) is 4.98 Å². The van der Waals surface area contributed by atoms with Crippen LogP contribution in [-0.4, -0.2) is 65.9 Å². The Bertz CT molecular complexity index is 1280. The first kappa shape index (κ1) is 24.8. The van der Waals surface area contributed by atoms with Gasteiger partial charge in [-0.3, -0.25) is 9.78 Å². The molecule has 0 spiro atoms. The average Bonchev–Trinajstić information content (AvgIpc) is 3.43. The monoisotopic (exact) mass is 523 g/mol. The molecule has 0 radical (unpaired) electrons. The Morgan fingerprint density at radius 3 is 2.58 bits per heavy atom. The second-order valence-corrected chi connectivity index (χ2v) is 11.6. The van der Waals surface area contributed by atoms with Gasteiger partial charge in [-0.05, 0) is 49.7 Å². The molecule has 1 saturated heterocycles. The standard InChI is InChI=1S/C27H30FN5OS2/c1-32(2)26(34)20-9-12-33(13-10-20)14-11-29-27-31-25-24(36-27)16-22(35-25)15-18-3-5-19(6-4-18)23-8-7-21(28)17-30-23/h3-8,16-17,20H,9-15H2,1-2H3,(H,29,31). The minimum atomic E-state index is -0.324. The fraction of sp³-hybridized carbons (Fsp3) is 0.370. The Kier molecular flexibility index (Phi) is 7.59. The molecule has 188 valence electrons. The summed E-state index contributed by atoms with van der Waals surface area (Å²) in [5, 5.41) is 4.45. The van der Waals surface area contributed by atoms with Crippen molar-refractivity contribution in [1.82, 2.24) is 19.8 Å². The zero-order valence-corrected chi connectivity index (χ0v) is 22.2. The maximum atomic E-state index is 13.1. The average molecular weight is 524 g/mol. The van der Waals surface area contributed by atoms with Gasteiger partial charge < -0.3 is 15.1 Å². The third-order valence-electron chi connectivity index (χ3n) is 6.58. The van der Waals surface area contributed by atoms with E-state index >= 15 is 0 Å². The van der Waals surface area contributed by atoms with Crippen molar-refractivity contribution in [3.63, 3.8) is 0 Å². The number of fused-ring (bicyclic) bond motifs is 1. The molecule has 1 aliphatic heterocycles. The molecular weight excluding hydrogens is 493 g/mol. The molecule has 0 bridgehead atoms. The largest absolute Gasteiger partial charge is 0.360 e. The van der Waals surface area contributed by atoms with Gasteiger partial charge in [-0.15, -0.1) is 11.3 Å². The Balaban J connectivity index is 1.10. The van der Waals surface area contributed by atoms with Gasteiger partial charge in [0.05, 0.1) is 16.6 Å². The highest BCUT2D eigenvalue weighted by Crippen LogP contribution is 2.34. The highest BCUT2D eigenvalue weighted by molar-refractivity contribution is 7.29. The Hall–Kier alpha value is -2.88. The van der Waals surface area contributed by atoms with E-state index in [0.29, 0.717) is 0 Å². The van der Waals surface area contributed by atoms with Gasteiger partial charge in [0, 0.05) is 50.0 Å². The molecule has 4 aromatic rings. The number of carbonyl (C=O) groups is 1. The summed E-state index contributed by atoms with van der Waals surface area (Å²) in [5.74, 6) is 0.109. The van der Waals surface area contributed by atoms with Crippen LogP contribution in [0.15, 0.2) is 48.7 Å². The number of hydrogen-bond donors (Lipinski definition) is 1. The lowest BCUT2D eigenvalue weighted by Gasteiger charge is -2.32. The summed E-state index contributed by atoms with van der Waals surface area (Å²) in [5.41, 5.74) is 2.98. The van der Waals surface area contributed by atoms with Gasteiger partial charge in [-0.1, -0.05) is 35.6 Å². The topological polar surface area (TPSA) is 61.4 Å². The molecule has 6 nitrogen and oxygen atoms in total. The number of piperidine rings is 1. The maximum Gasteiger partial charge on any atom is 0.225 e. The van der Waals surface area contributed by atoms with Crippen LogP contribution in [0.3, 0.4) is 0 Å². The number of amides is 1. The lowest BCUT2D eigenvalue weighted by molar-refractivity contribution is -0.134. The number of thiazole rings is 1. The number of aromatic nitrogens is 2. The fourth-order valence-corrected chi connectivity index (χ4v) is 6.77. The first-order valence-corrected chi connectivity index (χ1v) is 13.9. The zero-order chi connectivity index (χ0) is 25.1. The highest BCUT2D eigenvalue weighted by Gasteiger charge is 2.25. The maximum absolute atomic E-state index is 13.1. The van der Waals surface area contributed by atoms with Gasteiger partial charge in [0.25, 0.3) is 0 Å². The minimum absolute atomic E-state index is 0.175. The van der Waals surface area contributed by atoms with Gasteiger partial charge in [0.2, 0.25) is 5.91 Å². The van der Waals surface area contributed by atoms with Gasteiger partial charge in [-0.25, -0.2) is 9.37 Å². The predicted molar refractivity (Wildman–Crippen MR) is 146 cm³/mol. The smallest absolute Gasteiger partial charge is 0.225 e. The number of nitrogens with zero attached hydrogens (tertiary/aromatic N) is 4. The molecule has 1 fully saturated rings. The molecule has 1 amide bonds. The van der Waals surface area contributed by atoms with Crippen LogP contribution in [0.4, 0.5) is 9.52 Å². The summed E-state index contributed by atoms with van der Waals surface area (Å²) in [7, 11) is 3.68. The van der Waals surface area contributed by atoms with Crippen LogP contribution in [0, 0.1) is 11.7 Å². The molecule has 9 heteroatoms. The summed E-state index contributed by atoms with van der Waals surface area (Å²) >= 11 is 3.45. The SMILES string of the molecule is CN(C)C(=O)C1CCN(CCNc2nc3sc(Cc4ccc(-c5ccc(F)cn5)cc4)cc3s2)CC1. The normalized spacial score (nSPS) is 14.9. The number of thiophene rings is 1. The Morgan fingerprint density at radius 1 is 1.14 bits per heavy atom. The van der Waals surface area contributed by atoms with Crippen molar-refractivity contribution < 1.29 is 9.18 Å². The molecule has 3 aromatic heterocycles. The summed E-state index contributed by atoms with van der Waals surface area (Å²) < 4.78 is 14.3. The first-order valence-electron chi connectivity index (χ1n) is 12.2. The minimum Gasteiger partial charge on any atom is -0.360 e. The summed E-state index contributed by atoms with van der Waals surface area (Å²) in [6, 6.07) is 13.7. The first-order chi connectivity index (χ1) is 17.4. The van der Waals surface area contributed by atoms with Crippen LogP contribution < -0.4 is 5.32 Å². The summed E-state index contributed by atoms with van der Waals surface area (Å²) in [6.07, 6.45) is 3.99. The van der Waals surface area contributed by atoms with Crippen molar-refractivity contribution in [2.45, 2.75) is 19.3 Å². The molecule has 0 aliphatic carbocycles. The number of halogens is 1. The second-order valence-electron chi connectivity index (χ2n) is 9.41. The van der Waals surface area contributed by atoms with Gasteiger partial charge in [0.15, 0.2) is 5.13 Å². The molecule has 1 N–H and O–H groups in total. The van der Waals surface area contributed by atoms with Crippen molar-refractivity contribution >= 4 is 43.2 Å². The van der Waals surface area contributed by atoms with Gasteiger partial charge in [-0.2, -0.15) is 0 Å². The molecule has 1 aliphatic rings. The van der Waals surface area contributed by atoms with Crippen molar-refractivity contribution in [3.05, 3.63) is 64.9 Å². The highest BCUT2D eigenvalue weighted by atomic mass is 32.1. The van der Waals surface area contributed by atoms with Crippen LogP contribution >= 0.6 is 22.7 Å². The number of nitrogens with one attached hydrogen (secondary N) is 1. The van der Waals surface area contributed by atoms with Gasteiger partial charge in [0.1, 0.15) is 10.6 Å². The van der Waals surface area contributed by atoms with Crippen LogP contribution in [-0.2, 0) is 11.2 Å². The third kappa shape index (κ3) is 5.91. The van der Waals surface area contributed by atoms with Crippen molar-refractivity contribution in [2.24, 2.45) is 5.92 Å². The van der Waals surface area contributed by atoms with E-state index in [1.807, 2.05) is 26.2 Å². The van der Waals surface area contributed by atoms with Crippen molar-refractivity contribution in [2.75, 3.05) is 45.6 Å². The third-order valence-corrected chi connectivity index (χ3v) is 8.70. The predicted octanol–water partition coefficient (Wildman–Crippen LogP) is 5.36. The number of likely N-dealkylation sites (tertiary alicyclic amines) is 1. The van der Waals surface area contributed by atoms with Crippen molar-refractivity contribution in [3.8, 4) is 11.3 Å². The molecule has 0 unspecified atom stereocenters. The van der Waals surface area contributed by atoms with E-state index in [9.17, 15) is 9.18 Å². The Labute approximate surface area is 218 Å². The van der Waals surface area contributed by atoms with E-state index < -0.39 is 0 Å². The fourth-order valence-electron chi connectivity index (χ4n) is 4.58. The molecule has 36 heavy (non-hydrogen) atoms. The Morgan fingerprint density at radius 2 is 1.92 bits per heavy atom. The molecule has 0 atom stereocenters. The number of anilines is 1. The number of hydrogen-bond acceptors (Lipinski definition) is 7. The van der Waals surface area contributed by atoms with E-state index in [0.717, 1.165) is 66.7 Å². The van der Waals surface area contributed by atoms with E-state index in [1.165, 1.54) is 27.4 Å². The molecular formula is C27H30FN5OS2. The molecule has 1 aromatic carbocycles. The van der Waals surface area contributed by atoms with Crippen LogP contribution in [0.5, 0.6) is 0 Å². The van der Waals surface area contributed by atoms with Crippen LogP contribution in [0.1, 0.15) is 23.3 Å². The lowest BCUT2D eigenvalue weighted by Crippen LogP contribution is -2.41. The zero-order valence-electron chi connectivity index (χ0n) is 20.5. The number of carbonyl (C=O) groups excluding carboxylic acids is 1. The lowest BCUT2D eigenvalue weighted by atomic mass is 9.95. The molecule has 0 saturated carbocycles. The molecule has 5 rings (SSSR count). The molecule has 4 heterocycles. The van der Waals surface area contributed by atoms with E-state index in [1.54, 1.807) is 33.6 Å². The number of rotatable bonds is 8. The second kappa shape index (κ2) is 11.0. The van der Waals surface area contributed by atoms with Crippen molar-refractivity contribution in [1.29, 1.82) is 0 Å². The number of pyridine rings is 1. The number of benzene rings is 1. The summed E-state index contributed by atoms with van der Waals surface area (Å²) in [6.45, 7) is 3.77. The quantitative estimate of drug-likeness (QED) is 0.337. The van der Waals surface area contributed by atoms with E-state index in [-0.39, 0.29) is 17.6 Å². The van der Waals surface area contributed by atoms with Gasteiger partial charge >= 0.3 is 0 Å². The van der Waals surface area contributed by atoms with Crippen LogP contribution in [0.25, 0.3) is 20.8 Å². The van der Waals surface area contributed by atoms with E-state index in [2.05, 4.69) is 33.4 Å². The summed E-state index contributed by atoms with van der Waals surface area (Å²) in [4.78, 5) is 27.6. The van der Waals surface area contributed by atoms with Crippen LogP contribution in [0.2, 0.25) is 0 Å².